The lowest BCUT2D eigenvalue weighted by atomic mass is 10.1. The molecule has 0 spiro atoms. The topological polar surface area (TPSA) is 21.3 Å². The minimum atomic E-state index is -0.126. The van der Waals surface area contributed by atoms with Crippen LogP contribution in [0.4, 0.5) is 4.39 Å². The summed E-state index contributed by atoms with van der Waals surface area (Å²) in [6, 6.07) is 5.82. The molecule has 1 aliphatic carbocycles. The minimum absolute atomic E-state index is 0.126. The van der Waals surface area contributed by atoms with Gasteiger partial charge in [0.15, 0.2) is 0 Å². The molecule has 1 aromatic carbocycles. The van der Waals surface area contributed by atoms with E-state index in [0.717, 1.165) is 18.4 Å². The van der Waals surface area contributed by atoms with Crippen molar-refractivity contribution in [2.45, 2.75) is 44.9 Å². The normalized spacial score (nSPS) is 24.2. The van der Waals surface area contributed by atoms with E-state index in [-0.39, 0.29) is 5.82 Å². The van der Waals surface area contributed by atoms with Crippen LogP contribution in [0.2, 0.25) is 0 Å². The Morgan fingerprint density at radius 3 is 2.94 bits per heavy atom. The van der Waals surface area contributed by atoms with E-state index in [1.54, 1.807) is 20.1 Å². The summed E-state index contributed by atoms with van der Waals surface area (Å²) in [6.45, 7) is 2.49. The smallest absolute Gasteiger partial charge is 0.126 e. The van der Waals surface area contributed by atoms with Crippen LogP contribution in [-0.2, 0) is 11.3 Å². The number of methoxy groups -OCH3 is 1. The molecular formula is C14H20FNO. The Hall–Kier alpha value is -0.930. The second-order valence-corrected chi connectivity index (χ2v) is 4.78. The zero-order valence-electron chi connectivity index (χ0n) is 10.5. The van der Waals surface area contributed by atoms with E-state index in [1.165, 1.54) is 6.42 Å². The van der Waals surface area contributed by atoms with Crippen LogP contribution in [0.25, 0.3) is 0 Å². The fourth-order valence-electron chi connectivity index (χ4n) is 2.44. The average molecular weight is 237 g/mol. The molecule has 0 heterocycles. The fraction of sp³-hybridized carbons (Fsp3) is 0.571. The molecule has 0 bridgehead atoms. The van der Waals surface area contributed by atoms with Crippen molar-refractivity contribution in [2.24, 2.45) is 0 Å². The Morgan fingerprint density at radius 2 is 2.24 bits per heavy atom. The molecule has 2 nitrogen and oxygen atoms in total. The summed E-state index contributed by atoms with van der Waals surface area (Å²) in [4.78, 5) is 0. The first-order valence-corrected chi connectivity index (χ1v) is 6.22. The van der Waals surface area contributed by atoms with Crippen molar-refractivity contribution in [3.63, 3.8) is 0 Å². The second-order valence-electron chi connectivity index (χ2n) is 4.78. The molecule has 0 aliphatic heterocycles. The lowest BCUT2D eigenvalue weighted by Crippen LogP contribution is -2.36. The first-order valence-electron chi connectivity index (χ1n) is 6.22. The predicted octanol–water partition coefficient (Wildman–Crippen LogP) is 2.79. The minimum Gasteiger partial charge on any atom is -0.380 e. The zero-order valence-corrected chi connectivity index (χ0v) is 10.5. The van der Waals surface area contributed by atoms with Gasteiger partial charge in [0.2, 0.25) is 0 Å². The molecule has 17 heavy (non-hydrogen) atoms. The van der Waals surface area contributed by atoms with E-state index < -0.39 is 0 Å². The molecule has 94 valence electrons. The molecule has 2 atom stereocenters. The van der Waals surface area contributed by atoms with Crippen LogP contribution in [0, 0.1) is 12.7 Å². The number of aryl methyl sites for hydroxylation is 1. The number of rotatable bonds is 4. The van der Waals surface area contributed by atoms with Gasteiger partial charge in [-0.25, -0.2) is 4.39 Å². The van der Waals surface area contributed by atoms with Gasteiger partial charge < -0.3 is 10.1 Å². The van der Waals surface area contributed by atoms with E-state index in [4.69, 9.17) is 4.74 Å². The quantitative estimate of drug-likeness (QED) is 0.869. The summed E-state index contributed by atoms with van der Waals surface area (Å²) in [5.41, 5.74) is 1.69. The highest BCUT2D eigenvalue weighted by atomic mass is 19.1. The van der Waals surface area contributed by atoms with Gasteiger partial charge >= 0.3 is 0 Å². The number of hydrogen-bond acceptors (Lipinski definition) is 2. The van der Waals surface area contributed by atoms with Crippen molar-refractivity contribution in [2.75, 3.05) is 7.11 Å². The van der Waals surface area contributed by atoms with Crippen molar-refractivity contribution in [1.82, 2.24) is 5.32 Å². The molecule has 0 saturated heterocycles. The average Bonchev–Trinajstić information content (AvgIpc) is 2.78. The van der Waals surface area contributed by atoms with Crippen molar-refractivity contribution in [3.8, 4) is 0 Å². The lowest BCUT2D eigenvalue weighted by Gasteiger charge is -2.19. The van der Waals surface area contributed by atoms with Gasteiger partial charge in [-0.1, -0.05) is 12.1 Å². The Labute approximate surface area is 102 Å². The van der Waals surface area contributed by atoms with Gasteiger partial charge in [0.25, 0.3) is 0 Å². The maximum atomic E-state index is 13.4. The molecule has 2 rings (SSSR count). The van der Waals surface area contributed by atoms with E-state index in [9.17, 15) is 4.39 Å². The monoisotopic (exact) mass is 237 g/mol. The van der Waals surface area contributed by atoms with Gasteiger partial charge in [-0.3, -0.25) is 0 Å². The first-order chi connectivity index (χ1) is 8.20. The van der Waals surface area contributed by atoms with Crippen LogP contribution < -0.4 is 5.32 Å². The maximum Gasteiger partial charge on any atom is 0.126 e. The predicted molar refractivity (Wildman–Crippen MR) is 66.4 cm³/mol. The third-order valence-corrected chi connectivity index (χ3v) is 3.56. The van der Waals surface area contributed by atoms with E-state index in [0.29, 0.717) is 24.3 Å². The summed E-state index contributed by atoms with van der Waals surface area (Å²) in [6.07, 6.45) is 3.78. The molecule has 0 amide bonds. The third kappa shape index (κ3) is 3.05. The van der Waals surface area contributed by atoms with Crippen LogP contribution in [0.15, 0.2) is 18.2 Å². The van der Waals surface area contributed by atoms with E-state index in [2.05, 4.69) is 5.32 Å². The Morgan fingerprint density at radius 1 is 1.41 bits per heavy atom. The number of hydrogen-bond donors (Lipinski definition) is 1. The van der Waals surface area contributed by atoms with Crippen LogP contribution in [0.5, 0.6) is 0 Å². The highest BCUT2D eigenvalue weighted by Crippen LogP contribution is 2.22. The molecule has 1 fully saturated rings. The number of halogens is 1. The summed E-state index contributed by atoms with van der Waals surface area (Å²) >= 11 is 0. The summed E-state index contributed by atoms with van der Waals surface area (Å²) in [5.74, 6) is -0.126. The molecular weight excluding hydrogens is 217 g/mol. The van der Waals surface area contributed by atoms with Gasteiger partial charge in [-0.15, -0.1) is 0 Å². The fourth-order valence-corrected chi connectivity index (χ4v) is 2.44. The summed E-state index contributed by atoms with van der Waals surface area (Å²) in [5, 5.41) is 3.45. The van der Waals surface area contributed by atoms with Crippen LogP contribution in [0.3, 0.4) is 0 Å². The molecule has 1 saturated carbocycles. The molecule has 0 radical (unpaired) electrons. The van der Waals surface area contributed by atoms with Crippen LogP contribution in [0.1, 0.15) is 30.4 Å². The number of benzene rings is 1. The Balaban J connectivity index is 1.91. The van der Waals surface area contributed by atoms with Crippen molar-refractivity contribution in [1.29, 1.82) is 0 Å². The third-order valence-electron chi connectivity index (χ3n) is 3.56. The molecule has 3 heteroatoms. The Bertz CT molecular complexity index is 380. The molecule has 2 unspecified atom stereocenters. The summed E-state index contributed by atoms with van der Waals surface area (Å²) < 4.78 is 18.8. The SMILES string of the molecule is COC1CCCC1NCc1ccc(C)c(F)c1. The van der Waals surface area contributed by atoms with E-state index in [1.807, 2.05) is 12.1 Å². The number of nitrogens with one attached hydrogen (secondary N) is 1. The van der Waals surface area contributed by atoms with Crippen LogP contribution >= 0.6 is 0 Å². The molecule has 1 aliphatic rings. The van der Waals surface area contributed by atoms with Crippen molar-refractivity contribution >= 4 is 0 Å². The molecule has 0 aromatic heterocycles. The largest absolute Gasteiger partial charge is 0.380 e. The van der Waals surface area contributed by atoms with Gasteiger partial charge in [-0.05, 0) is 43.4 Å². The van der Waals surface area contributed by atoms with Gasteiger partial charge in [0.1, 0.15) is 5.82 Å². The molecule has 1 aromatic rings. The van der Waals surface area contributed by atoms with Gasteiger partial charge in [0, 0.05) is 19.7 Å². The molecule has 1 N–H and O–H groups in total. The van der Waals surface area contributed by atoms with Gasteiger partial charge in [0.05, 0.1) is 6.10 Å². The highest BCUT2D eigenvalue weighted by Gasteiger charge is 2.26. The zero-order chi connectivity index (χ0) is 12.3. The van der Waals surface area contributed by atoms with E-state index >= 15 is 0 Å². The Kier molecular flexibility index (Phi) is 4.13. The standard InChI is InChI=1S/C14H20FNO/c1-10-6-7-11(8-12(10)15)9-16-13-4-3-5-14(13)17-2/h6-8,13-14,16H,3-5,9H2,1-2H3. The van der Waals surface area contributed by atoms with Crippen molar-refractivity contribution < 1.29 is 9.13 Å². The first kappa shape index (κ1) is 12.5. The van der Waals surface area contributed by atoms with Crippen molar-refractivity contribution in [3.05, 3.63) is 35.1 Å². The number of ether oxygens (including phenoxy) is 1. The lowest BCUT2D eigenvalue weighted by molar-refractivity contribution is 0.0847. The van der Waals surface area contributed by atoms with Crippen LogP contribution in [-0.4, -0.2) is 19.3 Å². The second kappa shape index (κ2) is 5.61. The maximum absolute atomic E-state index is 13.4. The highest BCUT2D eigenvalue weighted by molar-refractivity contribution is 5.23. The van der Waals surface area contributed by atoms with Gasteiger partial charge in [-0.2, -0.15) is 0 Å². The summed E-state index contributed by atoms with van der Waals surface area (Å²) in [7, 11) is 1.76.